The Morgan fingerprint density at radius 2 is 1.21 bits per heavy atom. The molecular weight excluding hydrogens is 355 g/mol. The molecule has 4 aromatic rings. The van der Waals surface area contributed by atoms with Gasteiger partial charge in [-0.1, -0.05) is 72.8 Å². The van der Waals surface area contributed by atoms with E-state index in [1.165, 1.54) is 27.1 Å². The van der Waals surface area contributed by atoms with Crippen molar-refractivity contribution in [2.75, 3.05) is 0 Å². The molecule has 4 aromatic carbocycles. The van der Waals surface area contributed by atoms with E-state index in [-0.39, 0.29) is 11.2 Å². The van der Waals surface area contributed by atoms with Crippen molar-refractivity contribution in [3.8, 4) is 11.1 Å². The maximum atomic E-state index is 6.49. The molecule has 29 heavy (non-hydrogen) atoms. The molecule has 1 aliphatic heterocycles. The van der Waals surface area contributed by atoms with E-state index >= 15 is 0 Å². The van der Waals surface area contributed by atoms with Crippen LogP contribution in [0.3, 0.4) is 0 Å². The smallest absolute Gasteiger partial charge is 0.399 e. The third-order valence-corrected chi connectivity index (χ3v) is 6.52. The Morgan fingerprint density at radius 3 is 1.93 bits per heavy atom. The highest BCUT2D eigenvalue weighted by Gasteiger charge is 2.52. The predicted octanol–water partition coefficient (Wildman–Crippen LogP) is 5.96. The summed E-state index contributed by atoms with van der Waals surface area (Å²) in [5.74, 6) is 0. The van der Waals surface area contributed by atoms with Crippen molar-refractivity contribution in [2.24, 2.45) is 0 Å². The Balaban J connectivity index is 1.75. The van der Waals surface area contributed by atoms with E-state index in [9.17, 15) is 0 Å². The van der Waals surface area contributed by atoms with Gasteiger partial charge in [-0.05, 0) is 71.9 Å². The van der Waals surface area contributed by atoms with Gasteiger partial charge in [-0.2, -0.15) is 0 Å². The van der Waals surface area contributed by atoms with Crippen molar-refractivity contribution in [1.82, 2.24) is 0 Å². The highest BCUT2D eigenvalue weighted by atomic mass is 16.7. The molecule has 144 valence electrons. The van der Waals surface area contributed by atoms with Gasteiger partial charge in [-0.25, -0.2) is 0 Å². The summed E-state index contributed by atoms with van der Waals surface area (Å²) in [4.78, 5) is 0. The normalized spacial score (nSPS) is 17.9. The molecule has 0 aromatic heterocycles. The zero-order valence-electron chi connectivity index (χ0n) is 17.4. The Labute approximate surface area is 172 Å². The van der Waals surface area contributed by atoms with E-state index in [1.807, 2.05) is 0 Å². The molecule has 0 radical (unpaired) electrons. The molecule has 0 aliphatic carbocycles. The van der Waals surface area contributed by atoms with Crippen LogP contribution in [0.5, 0.6) is 0 Å². The average Bonchev–Trinajstić information content (AvgIpc) is 2.93. The second-order valence-corrected chi connectivity index (χ2v) is 8.90. The van der Waals surface area contributed by atoms with Crippen molar-refractivity contribution in [3.63, 3.8) is 0 Å². The number of hydrogen-bond acceptors (Lipinski definition) is 2. The van der Waals surface area contributed by atoms with Gasteiger partial charge in [0, 0.05) is 0 Å². The van der Waals surface area contributed by atoms with Crippen LogP contribution in [-0.2, 0) is 9.31 Å². The van der Waals surface area contributed by atoms with Crippen LogP contribution in [0.15, 0.2) is 78.9 Å². The summed E-state index contributed by atoms with van der Waals surface area (Å²) in [6.07, 6.45) is 0. The first kappa shape index (κ1) is 18.4. The van der Waals surface area contributed by atoms with Gasteiger partial charge in [0.1, 0.15) is 0 Å². The summed E-state index contributed by atoms with van der Waals surface area (Å²) in [6, 6.07) is 28.0. The molecule has 1 aliphatic rings. The summed E-state index contributed by atoms with van der Waals surface area (Å²) < 4.78 is 13.0. The van der Waals surface area contributed by atoms with Crippen molar-refractivity contribution < 1.29 is 9.31 Å². The minimum Gasteiger partial charge on any atom is -0.399 e. The molecule has 1 heterocycles. The van der Waals surface area contributed by atoms with Gasteiger partial charge in [0.2, 0.25) is 0 Å². The first-order valence-corrected chi connectivity index (χ1v) is 10.2. The number of rotatable bonds is 2. The van der Waals surface area contributed by atoms with Crippen LogP contribution < -0.4 is 5.46 Å². The largest absolute Gasteiger partial charge is 0.496 e. The molecule has 0 spiro atoms. The van der Waals surface area contributed by atoms with Crippen molar-refractivity contribution in [2.45, 2.75) is 38.9 Å². The minimum atomic E-state index is -0.410. The second-order valence-electron chi connectivity index (χ2n) is 8.90. The van der Waals surface area contributed by atoms with Crippen LogP contribution in [-0.4, -0.2) is 18.3 Å². The maximum absolute atomic E-state index is 6.49. The quantitative estimate of drug-likeness (QED) is 0.400. The fourth-order valence-electron chi connectivity index (χ4n) is 4.12. The highest BCUT2D eigenvalue weighted by molar-refractivity contribution is 6.67. The lowest BCUT2D eigenvalue weighted by atomic mass is 9.71. The molecule has 1 fully saturated rings. The van der Waals surface area contributed by atoms with E-state index in [0.717, 1.165) is 11.0 Å². The molecule has 1 saturated heterocycles. The Bertz CT molecular complexity index is 1210. The van der Waals surface area contributed by atoms with Gasteiger partial charge in [-0.3, -0.25) is 0 Å². The highest BCUT2D eigenvalue weighted by Crippen LogP contribution is 2.38. The molecule has 0 unspecified atom stereocenters. The zero-order chi connectivity index (χ0) is 20.2. The van der Waals surface area contributed by atoms with E-state index in [1.54, 1.807) is 0 Å². The second kappa shape index (κ2) is 6.45. The molecule has 0 saturated carbocycles. The summed E-state index contributed by atoms with van der Waals surface area (Å²) in [6.45, 7) is 8.42. The van der Waals surface area contributed by atoms with Crippen LogP contribution in [0.2, 0.25) is 0 Å². The number of hydrogen-bond donors (Lipinski definition) is 0. The SMILES string of the molecule is CC1(C)OB(c2c(-c3ccc4ccccc4c3)ccc3ccccc23)OC1(C)C. The van der Waals surface area contributed by atoms with Crippen LogP contribution in [0.4, 0.5) is 0 Å². The topological polar surface area (TPSA) is 18.5 Å². The van der Waals surface area contributed by atoms with E-state index < -0.39 is 7.12 Å². The molecule has 0 amide bonds. The Kier molecular flexibility index (Phi) is 4.09. The van der Waals surface area contributed by atoms with Gasteiger partial charge in [0.15, 0.2) is 0 Å². The van der Waals surface area contributed by atoms with Gasteiger partial charge < -0.3 is 9.31 Å². The molecule has 3 heteroatoms. The lowest BCUT2D eigenvalue weighted by molar-refractivity contribution is 0.00578. The summed E-state index contributed by atoms with van der Waals surface area (Å²) >= 11 is 0. The summed E-state index contributed by atoms with van der Waals surface area (Å²) in [7, 11) is -0.410. The first-order chi connectivity index (χ1) is 13.9. The molecule has 5 rings (SSSR count). The van der Waals surface area contributed by atoms with Crippen LogP contribution >= 0.6 is 0 Å². The van der Waals surface area contributed by atoms with E-state index in [2.05, 4.69) is 107 Å². The van der Waals surface area contributed by atoms with Crippen molar-refractivity contribution in [1.29, 1.82) is 0 Å². The molecule has 2 nitrogen and oxygen atoms in total. The third kappa shape index (κ3) is 2.97. The van der Waals surface area contributed by atoms with Crippen LogP contribution in [0.25, 0.3) is 32.7 Å². The summed E-state index contributed by atoms with van der Waals surface area (Å²) in [5, 5.41) is 4.85. The monoisotopic (exact) mass is 380 g/mol. The van der Waals surface area contributed by atoms with Gasteiger partial charge in [-0.15, -0.1) is 0 Å². The van der Waals surface area contributed by atoms with Gasteiger partial charge in [0.05, 0.1) is 11.2 Å². The van der Waals surface area contributed by atoms with Gasteiger partial charge >= 0.3 is 7.12 Å². The fraction of sp³-hybridized carbons (Fsp3) is 0.231. The molecular formula is C26H25BO2. The first-order valence-electron chi connectivity index (χ1n) is 10.2. The molecule has 0 atom stereocenters. The molecule has 0 N–H and O–H groups in total. The third-order valence-electron chi connectivity index (χ3n) is 6.52. The maximum Gasteiger partial charge on any atom is 0.496 e. The minimum absolute atomic E-state index is 0.380. The average molecular weight is 380 g/mol. The zero-order valence-corrected chi connectivity index (χ0v) is 17.4. The summed E-state index contributed by atoms with van der Waals surface area (Å²) in [5.41, 5.74) is 2.69. The van der Waals surface area contributed by atoms with Gasteiger partial charge in [0.25, 0.3) is 0 Å². The van der Waals surface area contributed by atoms with Crippen LogP contribution in [0.1, 0.15) is 27.7 Å². The number of benzene rings is 4. The number of fused-ring (bicyclic) bond motifs is 2. The standard InChI is InChI=1S/C26H25BO2/c1-25(2)26(3,4)29-27(28-25)24-22-12-8-7-10-19(22)15-16-23(24)21-14-13-18-9-5-6-11-20(18)17-21/h5-17H,1-4H3. The molecule has 0 bridgehead atoms. The lowest BCUT2D eigenvalue weighted by Gasteiger charge is -2.32. The van der Waals surface area contributed by atoms with E-state index in [0.29, 0.717) is 0 Å². The lowest BCUT2D eigenvalue weighted by Crippen LogP contribution is -2.41. The predicted molar refractivity (Wildman–Crippen MR) is 123 cm³/mol. The van der Waals surface area contributed by atoms with E-state index in [4.69, 9.17) is 9.31 Å². The van der Waals surface area contributed by atoms with Crippen molar-refractivity contribution >= 4 is 34.1 Å². The fourth-order valence-corrected chi connectivity index (χ4v) is 4.12. The Morgan fingerprint density at radius 1 is 0.621 bits per heavy atom. The van der Waals surface area contributed by atoms with Crippen LogP contribution in [0, 0.1) is 0 Å². The Hall–Kier alpha value is -2.62. The van der Waals surface area contributed by atoms with Crippen molar-refractivity contribution in [3.05, 3.63) is 78.9 Å².